The number of hydrogen-bond acceptors (Lipinski definition) is 7. The number of carbonyl (C=O) groups excluding carboxylic acids is 1. The monoisotopic (exact) mass is 557 g/mol. The Hall–Kier alpha value is -4.37. The van der Waals surface area contributed by atoms with Crippen LogP contribution in [0.15, 0.2) is 75.8 Å². The molecule has 1 aromatic carbocycles. The molecule has 0 amide bonds. The zero-order valence-corrected chi connectivity index (χ0v) is 22.4. The van der Waals surface area contributed by atoms with Crippen LogP contribution in [-0.2, 0) is 15.7 Å². The number of aliphatic hydroxyl groups excluding tert-OH is 1. The first-order valence-electron chi connectivity index (χ1n) is 12.5. The van der Waals surface area contributed by atoms with Gasteiger partial charge in [-0.1, -0.05) is 25.1 Å². The summed E-state index contributed by atoms with van der Waals surface area (Å²) < 4.78 is 46.8. The molecule has 12 heteroatoms. The molecule has 40 heavy (non-hydrogen) atoms. The van der Waals surface area contributed by atoms with Gasteiger partial charge in [0.05, 0.1) is 24.3 Å². The molecule has 3 rings (SSSR count). The van der Waals surface area contributed by atoms with E-state index >= 15 is 0 Å². The Morgan fingerprint density at radius 2 is 2.05 bits per heavy atom. The van der Waals surface area contributed by atoms with Gasteiger partial charge in [-0.05, 0) is 68.5 Å². The standard InChI is InChI=1S/C28H30F3N5O4/c1-5-19(16-32)14-20(10-7-6-8-13-37)17(2)24-23(25(38)40-4)18(3)35(26-33-34-27(39)36(24)26)22-12-9-11-21(15-22)28(29,30)31/h5,9,11-12,14-15,24,37H,2,6-8,10,13H2,1,3-4H3,(H,34,39)/b19-5+,20-14-/t24-/m0/s1. The average molecular weight is 558 g/mol. The van der Waals surface area contributed by atoms with Gasteiger partial charge in [0, 0.05) is 23.6 Å². The van der Waals surface area contributed by atoms with E-state index in [1.165, 1.54) is 24.0 Å². The number of nitrogens with zero attached hydrogens (tertiary/aromatic N) is 4. The molecule has 1 atom stereocenters. The number of esters is 1. The molecule has 0 fully saturated rings. The van der Waals surface area contributed by atoms with E-state index in [2.05, 4.69) is 22.8 Å². The highest BCUT2D eigenvalue weighted by Gasteiger charge is 2.41. The fourth-order valence-corrected chi connectivity index (χ4v) is 4.59. The van der Waals surface area contributed by atoms with E-state index in [0.29, 0.717) is 42.4 Å². The summed E-state index contributed by atoms with van der Waals surface area (Å²) in [5, 5.41) is 25.1. The van der Waals surface area contributed by atoms with Crippen LogP contribution in [0, 0.1) is 11.3 Å². The van der Waals surface area contributed by atoms with Gasteiger partial charge in [-0.2, -0.15) is 18.4 Å². The van der Waals surface area contributed by atoms with Crippen molar-refractivity contribution in [2.45, 2.75) is 51.7 Å². The average Bonchev–Trinajstić information content (AvgIpc) is 3.31. The van der Waals surface area contributed by atoms with Crippen molar-refractivity contribution in [3.8, 4) is 6.07 Å². The maximum absolute atomic E-state index is 13.5. The van der Waals surface area contributed by atoms with Crippen LogP contribution < -0.4 is 10.6 Å². The number of nitrogens with one attached hydrogen (secondary N) is 1. The number of aliphatic hydroxyl groups is 1. The second kappa shape index (κ2) is 12.7. The molecule has 9 nitrogen and oxygen atoms in total. The number of carbonyl (C=O) groups is 1. The molecule has 2 aromatic rings. The molecule has 0 unspecified atom stereocenters. The van der Waals surface area contributed by atoms with Gasteiger partial charge in [0.1, 0.15) is 6.04 Å². The molecule has 2 N–H and O–H groups in total. The number of alkyl halides is 3. The van der Waals surface area contributed by atoms with E-state index in [-0.39, 0.29) is 29.5 Å². The van der Waals surface area contributed by atoms with Crippen molar-refractivity contribution in [2.75, 3.05) is 18.6 Å². The number of unbranched alkanes of at least 4 members (excludes halogenated alkanes) is 2. The summed E-state index contributed by atoms with van der Waals surface area (Å²) in [5.41, 5.74) is -0.227. The van der Waals surface area contributed by atoms with Crippen LogP contribution in [0.5, 0.6) is 0 Å². The first kappa shape index (κ1) is 30.2. The quantitative estimate of drug-likeness (QED) is 0.177. The summed E-state index contributed by atoms with van der Waals surface area (Å²) in [6.45, 7) is 7.43. The Morgan fingerprint density at radius 3 is 2.65 bits per heavy atom. The lowest BCUT2D eigenvalue weighted by atomic mass is 9.87. The molecule has 0 aliphatic carbocycles. The van der Waals surface area contributed by atoms with Crippen LogP contribution in [0.2, 0.25) is 0 Å². The van der Waals surface area contributed by atoms with Gasteiger partial charge >= 0.3 is 17.8 Å². The fraction of sp³-hybridized carbons (Fsp3) is 0.357. The Kier molecular flexibility index (Phi) is 9.55. The Balaban J connectivity index is 2.26. The minimum atomic E-state index is -4.63. The molecule has 0 saturated heterocycles. The van der Waals surface area contributed by atoms with Crippen molar-refractivity contribution in [2.24, 2.45) is 0 Å². The second-order valence-corrected chi connectivity index (χ2v) is 9.06. The van der Waals surface area contributed by atoms with E-state index in [9.17, 15) is 28.0 Å². The second-order valence-electron chi connectivity index (χ2n) is 9.06. The molecule has 0 spiro atoms. The summed E-state index contributed by atoms with van der Waals surface area (Å²) >= 11 is 0. The third-order valence-corrected chi connectivity index (χ3v) is 6.60. The smallest absolute Gasteiger partial charge is 0.416 e. The van der Waals surface area contributed by atoms with Crippen molar-refractivity contribution in [1.82, 2.24) is 14.8 Å². The maximum Gasteiger partial charge on any atom is 0.416 e. The summed E-state index contributed by atoms with van der Waals surface area (Å²) in [7, 11) is 1.16. The lowest BCUT2D eigenvalue weighted by molar-refractivity contribution is -0.138. The van der Waals surface area contributed by atoms with E-state index in [1.54, 1.807) is 19.1 Å². The van der Waals surface area contributed by atoms with Crippen molar-refractivity contribution in [1.29, 1.82) is 5.26 Å². The summed E-state index contributed by atoms with van der Waals surface area (Å²) in [6.07, 6.45) is 0.896. The van der Waals surface area contributed by atoms with Crippen molar-refractivity contribution in [3.63, 3.8) is 0 Å². The SMILES string of the molecule is C=C(/C(=C\C(C#N)=C/C)CCCCCO)[C@H]1C(C(=O)OC)=C(C)N(c2cccc(C(F)(F)F)c2)c2n[nH]c(=O)n21. The van der Waals surface area contributed by atoms with Crippen LogP contribution in [0.3, 0.4) is 0 Å². The number of halogens is 3. The highest BCUT2D eigenvalue weighted by molar-refractivity contribution is 5.93. The van der Waals surface area contributed by atoms with Crippen molar-refractivity contribution >= 4 is 17.6 Å². The Morgan fingerprint density at radius 1 is 1.32 bits per heavy atom. The van der Waals surface area contributed by atoms with Crippen LogP contribution in [-0.4, -0.2) is 39.6 Å². The first-order chi connectivity index (χ1) is 19.0. The van der Waals surface area contributed by atoms with Gasteiger partial charge in [0.15, 0.2) is 0 Å². The highest BCUT2D eigenvalue weighted by Crippen LogP contribution is 2.44. The van der Waals surface area contributed by atoms with Gasteiger partial charge in [-0.3, -0.25) is 4.90 Å². The van der Waals surface area contributed by atoms with E-state index in [1.807, 2.05) is 0 Å². The number of anilines is 2. The maximum atomic E-state index is 13.5. The third kappa shape index (κ3) is 6.10. The van der Waals surface area contributed by atoms with Crippen molar-refractivity contribution < 1.29 is 27.8 Å². The summed E-state index contributed by atoms with van der Waals surface area (Å²) in [4.78, 5) is 27.6. The third-order valence-electron chi connectivity index (χ3n) is 6.60. The number of benzene rings is 1. The Bertz CT molecular complexity index is 1470. The first-order valence-corrected chi connectivity index (χ1v) is 12.5. The minimum Gasteiger partial charge on any atom is -0.466 e. The summed E-state index contributed by atoms with van der Waals surface area (Å²) in [5.74, 6) is -0.864. The number of allylic oxidation sites excluding steroid dienone is 6. The topological polar surface area (TPSA) is 124 Å². The molecule has 1 aromatic heterocycles. The van der Waals surface area contributed by atoms with Crippen LogP contribution in [0.25, 0.3) is 0 Å². The minimum absolute atomic E-state index is 0.0223. The van der Waals surface area contributed by atoms with Crippen LogP contribution >= 0.6 is 0 Å². The number of aromatic amines is 1. The normalized spacial score (nSPS) is 16.1. The molecule has 2 heterocycles. The van der Waals surface area contributed by atoms with Crippen molar-refractivity contribution in [3.05, 3.63) is 87.0 Å². The predicted molar refractivity (Wildman–Crippen MR) is 142 cm³/mol. The highest BCUT2D eigenvalue weighted by atomic mass is 19.4. The van der Waals surface area contributed by atoms with E-state index < -0.39 is 29.4 Å². The van der Waals surface area contributed by atoms with E-state index in [0.717, 1.165) is 23.8 Å². The summed E-state index contributed by atoms with van der Waals surface area (Å²) in [6, 6.07) is 5.39. The predicted octanol–water partition coefficient (Wildman–Crippen LogP) is 5.24. The number of H-pyrrole nitrogens is 1. The number of ether oxygens (including phenoxy) is 1. The van der Waals surface area contributed by atoms with Gasteiger partial charge < -0.3 is 9.84 Å². The van der Waals surface area contributed by atoms with Gasteiger partial charge in [-0.25, -0.2) is 19.3 Å². The molecule has 1 aliphatic rings. The molecule has 0 bridgehead atoms. The zero-order chi connectivity index (χ0) is 29.6. The number of nitriles is 1. The zero-order valence-electron chi connectivity index (χ0n) is 22.4. The largest absolute Gasteiger partial charge is 0.466 e. The number of aromatic nitrogens is 3. The van der Waals surface area contributed by atoms with Gasteiger partial charge in [0.25, 0.3) is 0 Å². The lowest BCUT2D eigenvalue weighted by Gasteiger charge is -2.36. The number of rotatable bonds is 10. The molecule has 212 valence electrons. The van der Waals surface area contributed by atoms with Gasteiger partial charge in [-0.15, -0.1) is 5.10 Å². The Labute approximate surface area is 229 Å². The molecule has 0 radical (unpaired) electrons. The number of hydrogen-bond donors (Lipinski definition) is 2. The molecule has 0 saturated carbocycles. The molecule has 1 aliphatic heterocycles. The van der Waals surface area contributed by atoms with Crippen LogP contribution in [0.1, 0.15) is 51.1 Å². The van der Waals surface area contributed by atoms with Gasteiger partial charge in [0.2, 0.25) is 5.95 Å². The number of fused-ring (bicyclic) bond motifs is 1. The molecular weight excluding hydrogens is 527 g/mol. The lowest BCUT2D eigenvalue weighted by Crippen LogP contribution is -2.38. The van der Waals surface area contributed by atoms with Crippen LogP contribution in [0.4, 0.5) is 24.8 Å². The number of methoxy groups -OCH3 is 1. The fourth-order valence-electron chi connectivity index (χ4n) is 4.59. The van der Waals surface area contributed by atoms with E-state index in [4.69, 9.17) is 9.84 Å². The molecular formula is C28H30F3N5O4.